The number of carbonyl (C=O) groups excluding carboxylic acids is 1. The van der Waals surface area contributed by atoms with Crippen molar-refractivity contribution in [1.82, 2.24) is 9.97 Å². The Bertz CT molecular complexity index is 1400. The van der Waals surface area contributed by atoms with Crippen LogP contribution in [0.25, 0.3) is 10.9 Å². The number of hydrogen-bond acceptors (Lipinski definition) is 5. The molecule has 5 aromatic rings. The molecule has 0 saturated carbocycles. The summed E-state index contributed by atoms with van der Waals surface area (Å²) < 4.78 is 5.81. The first-order chi connectivity index (χ1) is 16.2. The maximum absolute atomic E-state index is 12.7. The number of fused-ring (bicyclic) bond motifs is 1. The van der Waals surface area contributed by atoms with E-state index in [1.165, 1.54) is 0 Å². The Labute approximate surface area is 190 Å². The summed E-state index contributed by atoms with van der Waals surface area (Å²) in [7, 11) is 0. The summed E-state index contributed by atoms with van der Waals surface area (Å²) >= 11 is 0. The summed E-state index contributed by atoms with van der Waals surface area (Å²) in [6, 6.07) is 28.0. The summed E-state index contributed by atoms with van der Waals surface area (Å²) in [6.07, 6.45) is 5.10. The average molecular weight is 432 g/mol. The molecule has 0 saturated heterocycles. The zero-order chi connectivity index (χ0) is 22.5. The molecule has 0 radical (unpaired) electrons. The second-order valence-electron chi connectivity index (χ2n) is 7.34. The quantitative estimate of drug-likeness (QED) is 0.324. The Kier molecular flexibility index (Phi) is 5.63. The lowest BCUT2D eigenvalue weighted by molar-refractivity contribution is 0.102. The minimum absolute atomic E-state index is 0.197. The van der Waals surface area contributed by atoms with Gasteiger partial charge in [0.1, 0.15) is 11.5 Å². The van der Waals surface area contributed by atoms with Crippen LogP contribution in [0.1, 0.15) is 10.4 Å². The topological polar surface area (TPSA) is 76.1 Å². The molecule has 6 nitrogen and oxygen atoms in total. The summed E-state index contributed by atoms with van der Waals surface area (Å²) in [6.45, 7) is 0. The van der Waals surface area contributed by atoms with E-state index in [9.17, 15) is 4.79 Å². The van der Waals surface area contributed by atoms with Crippen LogP contribution in [0.4, 0.5) is 17.1 Å². The Morgan fingerprint density at radius 3 is 2.39 bits per heavy atom. The van der Waals surface area contributed by atoms with E-state index in [0.717, 1.165) is 22.3 Å². The van der Waals surface area contributed by atoms with Crippen molar-refractivity contribution >= 4 is 33.9 Å². The molecule has 0 atom stereocenters. The summed E-state index contributed by atoms with van der Waals surface area (Å²) in [4.78, 5) is 21.1. The van der Waals surface area contributed by atoms with Crippen LogP contribution in [0.5, 0.6) is 11.5 Å². The number of hydrogen-bond donors (Lipinski definition) is 2. The van der Waals surface area contributed by atoms with Crippen LogP contribution in [0, 0.1) is 0 Å². The molecule has 0 unspecified atom stereocenters. The standard InChI is InChI=1S/C27H20N4O2/c32-27(31-21-4-3-5-23(18-21)33-22-12-15-28-16-13-22)19-8-10-20(11-9-19)30-26-14-17-29-25-7-2-1-6-24(25)26/h1-18H,(H,29,30)(H,31,32). The van der Waals surface area contributed by atoms with Crippen LogP contribution in [0.15, 0.2) is 110 Å². The number of aromatic nitrogens is 2. The molecule has 5 rings (SSSR count). The minimum atomic E-state index is -0.197. The van der Waals surface area contributed by atoms with Gasteiger partial charge in [0.2, 0.25) is 0 Å². The Morgan fingerprint density at radius 2 is 1.55 bits per heavy atom. The number of pyridine rings is 2. The summed E-state index contributed by atoms with van der Waals surface area (Å²) in [5, 5.41) is 7.36. The lowest BCUT2D eigenvalue weighted by atomic mass is 10.1. The van der Waals surface area contributed by atoms with Crippen LogP contribution in [-0.2, 0) is 0 Å². The van der Waals surface area contributed by atoms with Crippen LogP contribution >= 0.6 is 0 Å². The number of benzene rings is 3. The van der Waals surface area contributed by atoms with Crippen molar-refractivity contribution in [2.75, 3.05) is 10.6 Å². The lowest BCUT2D eigenvalue weighted by Crippen LogP contribution is -2.11. The number of ether oxygens (including phenoxy) is 1. The van der Waals surface area contributed by atoms with Crippen LogP contribution in [0.3, 0.4) is 0 Å². The molecule has 0 spiro atoms. The van der Waals surface area contributed by atoms with Crippen molar-refractivity contribution in [2.24, 2.45) is 0 Å². The number of amides is 1. The van der Waals surface area contributed by atoms with E-state index >= 15 is 0 Å². The van der Waals surface area contributed by atoms with Gasteiger partial charge >= 0.3 is 0 Å². The highest BCUT2D eigenvalue weighted by Gasteiger charge is 2.08. The average Bonchev–Trinajstić information content (AvgIpc) is 2.86. The van der Waals surface area contributed by atoms with Gasteiger partial charge in [0, 0.05) is 52.7 Å². The van der Waals surface area contributed by atoms with Crippen molar-refractivity contribution < 1.29 is 9.53 Å². The van der Waals surface area contributed by atoms with E-state index in [4.69, 9.17) is 4.74 Å². The molecule has 2 N–H and O–H groups in total. The van der Waals surface area contributed by atoms with Crippen LogP contribution < -0.4 is 15.4 Å². The third-order valence-electron chi connectivity index (χ3n) is 5.05. The molecule has 0 bridgehead atoms. The van der Waals surface area contributed by atoms with Gasteiger partial charge in [0.05, 0.1) is 5.52 Å². The van der Waals surface area contributed by atoms with Gasteiger partial charge in [-0.05, 0) is 60.7 Å². The van der Waals surface area contributed by atoms with Crippen LogP contribution in [0.2, 0.25) is 0 Å². The molecule has 2 aromatic heterocycles. The maximum Gasteiger partial charge on any atom is 0.255 e. The van der Waals surface area contributed by atoms with Crippen molar-refractivity contribution in [3.05, 3.63) is 115 Å². The van der Waals surface area contributed by atoms with Gasteiger partial charge in [-0.3, -0.25) is 14.8 Å². The molecule has 0 fully saturated rings. The van der Waals surface area contributed by atoms with E-state index in [-0.39, 0.29) is 5.91 Å². The van der Waals surface area contributed by atoms with Gasteiger partial charge in [-0.1, -0.05) is 24.3 Å². The number of carbonyl (C=O) groups is 1. The van der Waals surface area contributed by atoms with Gasteiger partial charge in [-0.25, -0.2) is 0 Å². The van der Waals surface area contributed by atoms with Gasteiger partial charge < -0.3 is 15.4 Å². The number of rotatable bonds is 6. The normalized spacial score (nSPS) is 10.5. The van der Waals surface area contributed by atoms with Crippen LogP contribution in [-0.4, -0.2) is 15.9 Å². The number of nitrogens with zero attached hydrogens (tertiary/aromatic N) is 2. The van der Waals surface area contributed by atoms with E-state index in [1.807, 2.05) is 60.7 Å². The zero-order valence-electron chi connectivity index (χ0n) is 17.6. The van der Waals surface area contributed by atoms with Crippen molar-refractivity contribution in [1.29, 1.82) is 0 Å². The molecule has 0 aliphatic rings. The zero-order valence-corrected chi connectivity index (χ0v) is 17.6. The second-order valence-corrected chi connectivity index (χ2v) is 7.34. The van der Waals surface area contributed by atoms with Crippen molar-refractivity contribution in [3.8, 4) is 11.5 Å². The van der Waals surface area contributed by atoms with Gasteiger partial charge in [0.25, 0.3) is 5.91 Å². The first kappa shape index (κ1) is 20.2. The Morgan fingerprint density at radius 1 is 0.727 bits per heavy atom. The molecule has 2 heterocycles. The smallest absolute Gasteiger partial charge is 0.255 e. The monoisotopic (exact) mass is 432 g/mol. The molecule has 160 valence electrons. The van der Waals surface area contributed by atoms with Crippen molar-refractivity contribution in [3.63, 3.8) is 0 Å². The molecular weight excluding hydrogens is 412 g/mol. The first-order valence-electron chi connectivity index (χ1n) is 10.4. The minimum Gasteiger partial charge on any atom is -0.457 e. The summed E-state index contributed by atoms with van der Waals surface area (Å²) in [5.74, 6) is 1.11. The van der Waals surface area contributed by atoms with Crippen molar-refractivity contribution in [2.45, 2.75) is 0 Å². The van der Waals surface area contributed by atoms with Gasteiger partial charge in [-0.2, -0.15) is 0 Å². The molecular formula is C27H20N4O2. The highest BCUT2D eigenvalue weighted by atomic mass is 16.5. The number of para-hydroxylation sites is 1. The summed E-state index contributed by atoms with van der Waals surface area (Å²) in [5.41, 5.74) is 3.98. The van der Waals surface area contributed by atoms with E-state index in [2.05, 4.69) is 20.6 Å². The Hall–Kier alpha value is -4.71. The largest absolute Gasteiger partial charge is 0.457 e. The predicted molar refractivity (Wildman–Crippen MR) is 130 cm³/mol. The molecule has 33 heavy (non-hydrogen) atoms. The third kappa shape index (κ3) is 4.80. The number of nitrogens with one attached hydrogen (secondary N) is 2. The number of anilines is 3. The highest BCUT2D eigenvalue weighted by Crippen LogP contribution is 2.26. The molecule has 3 aromatic carbocycles. The highest BCUT2D eigenvalue weighted by molar-refractivity contribution is 6.04. The fourth-order valence-corrected chi connectivity index (χ4v) is 3.45. The SMILES string of the molecule is O=C(Nc1cccc(Oc2ccncc2)c1)c1ccc(Nc2ccnc3ccccc23)cc1. The first-order valence-corrected chi connectivity index (χ1v) is 10.4. The predicted octanol–water partition coefficient (Wildman–Crippen LogP) is 6.42. The van der Waals surface area contributed by atoms with E-state index in [0.29, 0.717) is 22.7 Å². The third-order valence-corrected chi connectivity index (χ3v) is 5.05. The molecule has 1 amide bonds. The molecule has 0 aliphatic carbocycles. The second kappa shape index (κ2) is 9.20. The fourth-order valence-electron chi connectivity index (χ4n) is 3.45. The molecule has 0 aliphatic heterocycles. The van der Waals surface area contributed by atoms with Gasteiger partial charge in [-0.15, -0.1) is 0 Å². The van der Waals surface area contributed by atoms with Gasteiger partial charge in [0.15, 0.2) is 0 Å². The fraction of sp³-hybridized carbons (Fsp3) is 0. The maximum atomic E-state index is 12.7. The Balaban J connectivity index is 1.27. The molecule has 6 heteroatoms. The van der Waals surface area contributed by atoms with E-state index in [1.54, 1.807) is 48.9 Å². The van der Waals surface area contributed by atoms with E-state index < -0.39 is 0 Å². The lowest BCUT2D eigenvalue weighted by Gasteiger charge is -2.11.